The molecule has 0 radical (unpaired) electrons. The highest BCUT2D eigenvalue weighted by Crippen LogP contribution is 2.22. The molecular formula is C16H23FN4O2S. The lowest BCUT2D eigenvalue weighted by Gasteiger charge is -2.23. The zero-order valence-corrected chi connectivity index (χ0v) is 14.9. The summed E-state index contributed by atoms with van der Waals surface area (Å²) in [5.74, 6) is 0.0679. The molecule has 24 heavy (non-hydrogen) atoms. The molecule has 1 heterocycles. The number of hydrogen-bond acceptors (Lipinski definition) is 3. The van der Waals surface area contributed by atoms with Gasteiger partial charge in [-0.3, -0.25) is 0 Å². The second-order valence-corrected chi connectivity index (χ2v) is 7.49. The molecule has 0 aliphatic carbocycles. The lowest BCUT2D eigenvalue weighted by atomic mass is 10.1. The van der Waals surface area contributed by atoms with Gasteiger partial charge in [-0.05, 0) is 24.1 Å². The van der Waals surface area contributed by atoms with Crippen LogP contribution in [0.3, 0.4) is 0 Å². The van der Waals surface area contributed by atoms with Crippen molar-refractivity contribution in [3.63, 3.8) is 0 Å². The first-order valence-corrected chi connectivity index (χ1v) is 9.25. The smallest absolute Gasteiger partial charge is 0.280 e. The summed E-state index contributed by atoms with van der Waals surface area (Å²) in [6.07, 6.45) is 4.96. The predicted molar refractivity (Wildman–Crippen MR) is 91.0 cm³/mol. The molecule has 1 atom stereocenters. The van der Waals surface area contributed by atoms with E-state index >= 15 is 0 Å². The number of rotatable bonds is 8. The topological polar surface area (TPSA) is 67.2 Å². The highest BCUT2D eigenvalue weighted by molar-refractivity contribution is 7.87. The average molecular weight is 354 g/mol. The molecule has 1 unspecified atom stereocenters. The van der Waals surface area contributed by atoms with Crippen LogP contribution in [0.1, 0.15) is 37.2 Å². The molecule has 0 saturated heterocycles. The van der Waals surface area contributed by atoms with Crippen molar-refractivity contribution in [1.82, 2.24) is 18.6 Å². The van der Waals surface area contributed by atoms with Gasteiger partial charge in [-0.15, -0.1) is 0 Å². The number of halogens is 1. The Labute approximate surface area is 142 Å². The summed E-state index contributed by atoms with van der Waals surface area (Å²) in [6.45, 7) is 2.42. The maximum atomic E-state index is 13.6. The van der Waals surface area contributed by atoms with Crippen molar-refractivity contribution >= 4 is 10.2 Å². The summed E-state index contributed by atoms with van der Waals surface area (Å²) in [6, 6.07) is 5.09. The molecule has 132 valence electrons. The van der Waals surface area contributed by atoms with Crippen LogP contribution in [0.2, 0.25) is 0 Å². The normalized spacial score (nSPS) is 13.4. The third-order valence-electron chi connectivity index (χ3n) is 3.80. The SMILES string of the molecule is CCCCN(C)S(=O)(=O)NC(c1cccc(F)c1)c1nccn1C. The van der Waals surface area contributed by atoms with Gasteiger partial charge in [-0.1, -0.05) is 25.5 Å². The van der Waals surface area contributed by atoms with E-state index in [1.54, 1.807) is 36.1 Å². The molecule has 0 spiro atoms. The van der Waals surface area contributed by atoms with Crippen LogP contribution in [-0.2, 0) is 17.3 Å². The maximum absolute atomic E-state index is 13.6. The van der Waals surface area contributed by atoms with E-state index in [4.69, 9.17) is 0 Å². The van der Waals surface area contributed by atoms with E-state index < -0.39 is 22.1 Å². The number of aromatic nitrogens is 2. The van der Waals surface area contributed by atoms with Crippen molar-refractivity contribution in [1.29, 1.82) is 0 Å². The van der Waals surface area contributed by atoms with Crippen LogP contribution in [0.4, 0.5) is 4.39 Å². The molecule has 6 nitrogen and oxygen atoms in total. The lowest BCUT2D eigenvalue weighted by molar-refractivity contribution is 0.442. The van der Waals surface area contributed by atoms with Gasteiger partial charge in [-0.2, -0.15) is 17.4 Å². The molecule has 0 aliphatic heterocycles. The summed E-state index contributed by atoms with van der Waals surface area (Å²) in [5, 5.41) is 0. The molecule has 0 fully saturated rings. The Morgan fingerprint density at radius 3 is 2.75 bits per heavy atom. The zero-order valence-electron chi connectivity index (χ0n) is 14.1. The largest absolute Gasteiger partial charge is 0.336 e. The summed E-state index contributed by atoms with van der Waals surface area (Å²) < 4.78 is 44.4. The predicted octanol–water partition coefficient (Wildman–Crippen LogP) is 2.21. The molecular weight excluding hydrogens is 331 g/mol. The third-order valence-corrected chi connectivity index (χ3v) is 5.34. The van der Waals surface area contributed by atoms with E-state index in [1.807, 2.05) is 6.92 Å². The highest BCUT2D eigenvalue weighted by atomic mass is 32.2. The quantitative estimate of drug-likeness (QED) is 0.790. The van der Waals surface area contributed by atoms with Crippen molar-refractivity contribution < 1.29 is 12.8 Å². The van der Waals surface area contributed by atoms with Crippen molar-refractivity contribution in [2.45, 2.75) is 25.8 Å². The number of nitrogens with zero attached hydrogens (tertiary/aromatic N) is 3. The summed E-state index contributed by atoms with van der Waals surface area (Å²) in [4.78, 5) is 4.22. The van der Waals surface area contributed by atoms with Crippen LogP contribution in [0.5, 0.6) is 0 Å². The minimum Gasteiger partial charge on any atom is -0.336 e. The van der Waals surface area contributed by atoms with Crippen molar-refractivity contribution in [3.8, 4) is 0 Å². The first-order chi connectivity index (χ1) is 11.3. The van der Waals surface area contributed by atoms with Gasteiger partial charge in [0.05, 0.1) is 0 Å². The van der Waals surface area contributed by atoms with E-state index in [-0.39, 0.29) is 0 Å². The van der Waals surface area contributed by atoms with E-state index in [2.05, 4.69) is 9.71 Å². The van der Waals surface area contributed by atoms with Crippen LogP contribution in [0, 0.1) is 5.82 Å². The molecule has 0 amide bonds. The standard InChI is InChI=1S/C16H23FN4O2S/c1-4-5-10-21(3)24(22,23)19-15(16-18-9-11-20(16)2)13-7-6-8-14(17)12-13/h6-9,11-12,15,19H,4-5,10H2,1-3H3. The van der Waals surface area contributed by atoms with Crippen LogP contribution >= 0.6 is 0 Å². The van der Waals surface area contributed by atoms with Gasteiger partial charge in [-0.25, -0.2) is 9.37 Å². The third kappa shape index (κ3) is 4.40. The molecule has 2 rings (SSSR count). The molecule has 8 heteroatoms. The molecule has 2 aromatic rings. The number of unbranched alkanes of at least 4 members (excludes halogenated alkanes) is 1. The maximum Gasteiger partial charge on any atom is 0.280 e. The van der Waals surface area contributed by atoms with Gasteiger partial charge in [0.1, 0.15) is 17.7 Å². The summed E-state index contributed by atoms with van der Waals surface area (Å²) in [5.41, 5.74) is 0.497. The number of hydrogen-bond donors (Lipinski definition) is 1. The van der Waals surface area contributed by atoms with E-state index in [1.165, 1.54) is 23.5 Å². The molecule has 1 aromatic heterocycles. The van der Waals surface area contributed by atoms with Crippen LogP contribution < -0.4 is 4.72 Å². The van der Waals surface area contributed by atoms with Gasteiger partial charge in [0.25, 0.3) is 10.2 Å². The average Bonchev–Trinajstić information content (AvgIpc) is 2.96. The van der Waals surface area contributed by atoms with Crippen LogP contribution in [-0.4, -0.2) is 35.9 Å². The molecule has 0 aliphatic rings. The van der Waals surface area contributed by atoms with Crippen molar-refractivity contribution in [2.24, 2.45) is 7.05 Å². The monoisotopic (exact) mass is 354 g/mol. The first kappa shape index (κ1) is 18.6. The fourth-order valence-corrected chi connectivity index (χ4v) is 3.44. The van der Waals surface area contributed by atoms with Gasteiger partial charge in [0, 0.05) is 33.0 Å². The Balaban J connectivity index is 2.36. The summed E-state index contributed by atoms with van der Waals surface area (Å²) >= 11 is 0. The van der Waals surface area contributed by atoms with E-state index in [0.29, 0.717) is 17.9 Å². The van der Waals surface area contributed by atoms with E-state index in [0.717, 1.165) is 12.8 Å². The lowest BCUT2D eigenvalue weighted by Crippen LogP contribution is -2.41. The molecule has 0 bridgehead atoms. The van der Waals surface area contributed by atoms with Crippen LogP contribution in [0.15, 0.2) is 36.7 Å². The van der Waals surface area contributed by atoms with Crippen molar-refractivity contribution in [3.05, 3.63) is 53.9 Å². The summed E-state index contributed by atoms with van der Waals surface area (Å²) in [7, 11) is -0.434. The molecule has 0 saturated carbocycles. The Bertz CT molecular complexity index is 776. The number of benzene rings is 1. The molecule has 1 N–H and O–H groups in total. The Hall–Kier alpha value is -1.77. The second-order valence-electron chi connectivity index (χ2n) is 5.68. The van der Waals surface area contributed by atoms with Gasteiger partial charge in [0.15, 0.2) is 0 Å². The Morgan fingerprint density at radius 1 is 1.42 bits per heavy atom. The number of nitrogens with one attached hydrogen (secondary N) is 1. The van der Waals surface area contributed by atoms with Crippen molar-refractivity contribution in [2.75, 3.05) is 13.6 Å². The fourth-order valence-electron chi connectivity index (χ4n) is 2.35. The second kappa shape index (κ2) is 7.87. The Morgan fingerprint density at radius 2 is 2.17 bits per heavy atom. The van der Waals surface area contributed by atoms with E-state index in [9.17, 15) is 12.8 Å². The minimum absolute atomic E-state index is 0.419. The molecule has 1 aromatic carbocycles. The van der Waals surface area contributed by atoms with Gasteiger partial charge < -0.3 is 4.57 Å². The number of aryl methyl sites for hydroxylation is 1. The zero-order chi connectivity index (χ0) is 17.7. The van der Waals surface area contributed by atoms with Gasteiger partial charge >= 0.3 is 0 Å². The van der Waals surface area contributed by atoms with Crippen LogP contribution in [0.25, 0.3) is 0 Å². The minimum atomic E-state index is -3.73. The van der Waals surface area contributed by atoms with Gasteiger partial charge in [0.2, 0.25) is 0 Å². The first-order valence-electron chi connectivity index (χ1n) is 7.81. The highest BCUT2D eigenvalue weighted by Gasteiger charge is 2.27. The Kier molecular flexibility index (Phi) is 6.09. The number of imidazole rings is 1. The fraction of sp³-hybridized carbons (Fsp3) is 0.438.